The minimum Gasteiger partial charge on any atom is -0.353 e. The third-order valence-electron chi connectivity index (χ3n) is 5.80. The first-order valence-corrected chi connectivity index (χ1v) is 11.4. The highest BCUT2D eigenvalue weighted by atomic mass is 32.1. The fourth-order valence-corrected chi connectivity index (χ4v) is 4.96. The first kappa shape index (κ1) is 20.8. The van der Waals surface area contributed by atoms with Gasteiger partial charge in [-0.1, -0.05) is 30.3 Å². The molecule has 1 N–H and O–H groups in total. The number of nitrogens with zero attached hydrogens (tertiary/aromatic N) is 4. The number of hydrogen-bond acceptors (Lipinski definition) is 6. The maximum Gasteiger partial charge on any atom is 0.261 e. The molecule has 3 aromatic rings. The summed E-state index contributed by atoms with van der Waals surface area (Å²) < 4.78 is 0. The molecule has 0 saturated carbocycles. The predicted octanol–water partition coefficient (Wildman–Crippen LogP) is 3.50. The maximum atomic E-state index is 13.0. The summed E-state index contributed by atoms with van der Waals surface area (Å²) in [4.78, 5) is 28.3. The molecule has 7 heteroatoms. The van der Waals surface area contributed by atoms with Crippen molar-refractivity contribution < 1.29 is 4.79 Å². The molecule has 1 aliphatic rings. The number of aromatic nitrogens is 2. The smallest absolute Gasteiger partial charge is 0.261 e. The van der Waals surface area contributed by atoms with Crippen molar-refractivity contribution in [1.82, 2.24) is 20.2 Å². The Labute approximate surface area is 181 Å². The zero-order chi connectivity index (χ0) is 21.1. The van der Waals surface area contributed by atoms with Gasteiger partial charge in [0.25, 0.3) is 5.91 Å². The number of likely N-dealkylation sites (N-methyl/N-ethyl adjacent to an activating group) is 1. The normalized spacial score (nSPS) is 16.0. The third kappa shape index (κ3) is 4.47. The summed E-state index contributed by atoms with van der Waals surface area (Å²) >= 11 is 1.47. The fraction of sp³-hybridized carbons (Fsp3) is 0.435. The molecule has 2 aromatic heterocycles. The highest BCUT2D eigenvalue weighted by Crippen LogP contribution is 2.35. The van der Waals surface area contributed by atoms with Gasteiger partial charge in [-0.15, -0.1) is 11.3 Å². The van der Waals surface area contributed by atoms with Crippen LogP contribution in [-0.4, -0.2) is 60.0 Å². The Hall–Kier alpha value is -2.51. The number of carbonyl (C=O) groups excluding carboxylic acids is 1. The Kier molecular flexibility index (Phi) is 6.29. The van der Waals surface area contributed by atoms with Crippen LogP contribution >= 0.6 is 11.3 Å². The van der Waals surface area contributed by atoms with E-state index in [0.29, 0.717) is 0 Å². The number of thiophene rings is 1. The molecule has 0 aliphatic carbocycles. The van der Waals surface area contributed by atoms with Gasteiger partial charge in [0.05, 0.1) is 10.3 Å². The van der Waals surface area contributed by atoms with Gasteiger partial charge in [0.15, 0.2) is 0 Å². The first-order valence-electron chi connectivity index (χ1n) is 10.6. The van der Waals surface area contributed by atoms with Crippen LogP contribution in [0.4, 0.5) is 5.82 Å². The number of nitrogens with one attached hydrogen (secondary N) is 1. The van der Waals surface area contributed by atoms with Crippen LogP contribution in [0.1, 0.15) is 34.1 Å². The molecule has 3 heterocycles. The number of carbonyl (C=O) groups is 1. The lowest BCUT2D eigenvalue weighted by Crippen LogP contribution is -2.44. The molecule has 0 unspecified atom stereocenters. The maximum absolute atomic E-state index is 13.0. The van der Waals surface area contributed by atoms with Crippen LogP contribution in [0.25, 0.3) is 10.2 Å². The van der Waals surface area contributed by atoms with Crippen molar-refractivity contribution in [2.24, 2.45) is 0 Å². The van der Waals surface area contributed by atoms with Gasteiger partial charge in [-0.05, 0) is 44.9 Å². The molecule has 0 spiro atoms. The molecule has 1 aliphatic heterocycles. The number of benzene rings is 1. The molecule has 0 bridgehead atoms. The topological polar surface area (TPSA) is 61.4 Å². The fourth-order valence-electron chi connectivity index (χ4n) is 3.92. The minimum absolute atomic E-state index is 0.0135. The first-order chi connectivity index (χ1) is 14.5. The number of anilines is 1. The second kappa shape index (κ2) is 9.10. The van der Waals surface area contributed by atoms with E-state index in [1.54, 1.807) is 6.33 Å². The van der Waals surface area contributed by atoms with E-state index in [1.807, 2.05) is 13.0 Å². The van der Waals surface area contributed by atoms with Crippen molar-refractivity contribution in [2.75, 3.05) is 38.1 Å². The SMILES string of the molecule is Cc1c(C(=O)N[C@H](C)CCc2ccccc2)sc2ncnc(N3CCN(C)CC3)c12. The molecule has 1 atom stereocenters. The molecule has 1 aromatic carbocycles. The van der Waals surface area contributed by atoms with Gasteiger partial charge in [-0.2, -0.15) is 0 Å². The lowest BCUT2D eigenvalue weighted by atomic mass is 10.1. The van der Waals surface area contributed by atoms with Crippen molar-refractivity contribution in [1.29, 1.82) is 0 Å². The van der Waals surface area contributed by atoms with Gasteiger partial charge in [0.1, 0.15) is 17.0 Å². The van der Waals surface area contributed by atoms with E-state index >= 15 is 0 Å². The lowest BCUT2D eigenvalue weighted by Gasteiger charge is -2.33. The predicted molar refractivity (Wildman–Crippen MR) is 124 cm³/mol. The van der Waals surface area contributed by atoms with Crippen LogP contribution in [-0.2, 0) is 6.42 Å². The summed E-state index contributed by atoms with van der Waals surface area (Å²) in [5.41, 5.74) is 2.28. The Balaban J connectivity index is 1.49. The van der Waals surface area contributed by atoms with E-state index < -0.39 is 0 Å². The molecule has 0 radical (unpaired) electrons. The molecule has 1 saturated heterocycles. The van der Waals surface area contributed by atoms with Crippen LogP contribution in [0.5, 0.6) is 0 Å². The Morgan fingerprint density at radius 1 is 1.17 bits per heavy atom. The van der Waals surface area contributed by atoms with E-state index in [-0.39, 0.29) is 11.9 Å². The van der Waals surface area contributed by atoms with Crippen LogP contribution in [0, 0.1) is 6.92 Å². The molecule has 158 valence electrons. The van der Waals surface area contributed by atoms with Crippen molar-refractivity contribution in [3.8, 4) is 0 Å². The summed E-state index contributed by atoms with van der Waals surface area (Å²) in [6.07, 6.45) is 3.48. The average molecular weight is 424 g/mol. The Morgan fingerprint density at radius 3 is 2.63 bits per heavy atom. The number of fused-ring (bicyclic) bond motifs is 1. The molecular weight excluding hydrogens is 394 g/mol. The average Bonchev–Trinajstić information content (AvgIpc) is 3.10. The van der Waals surface area contributed by atoms with Gasteiger partial charge in [-0.3, -0.25) is 4.79 Å². The summed E-state index contributed by atoms with van der Waals surface area (Å²) in [5.74, 6) is 0.943. The van der Waals surface area contributed by atoms with E-state index in [9.17, 15) is 4.79 Å². The quantitative estimate of drug-likeness (QED) is 0.658. The second-order valence-electron chi connectivity index (χ2n) is 8.12. The minimum atomic E-state index is -0.0135. The van der Waals surface area contributed by atoms with E-state index in [0.717, 1.165) is 65.5 Å². The Morgan fingerprint density at radius 2 is 1.90 bits per heavy atom. The van der Waals surface area contributed by atoms with Crippen LogP contribution < -0.4 is 10.2 Å². The second-order valence-corrected chi connectivity index (χ2v) is 9.12. The molecule has 6 nitrogen and oxygen atoms in total. The highest BCUT2D eigenvalue weighted by Gasteiger charge is 2.24. The zero-order valence-corrected chi connectivity index (χ0v) is 18.7. The van der Waals surface area contributed by atoms with Gasteiger partial charge in [0.2, 0.25) is 0 Å². The molecule has 1 fully saturated rings. The third-order valence-corrected chi connectivity index (χ3v) is 7.00. The number of hydrogen-bond donors (Lipinski definition) is 1. The molecular formula is C23H29N5OS. The summed E-state index contributed by atoms with van der Waals surface area (Å²) in [6.45, 7) is 8.00. The van der Waals surface area contributed by atoms with Gasteiger partial charge in [-0.25, -0.2) is 9.97 Å². The lowest BCUT2D eigenvalue weighted by molar-refractivity contribution is 0.0942. The number of piperazine rings is 1. The monoisotopic (exact) mass is 423 g/mol. The van der Waals surface area contributed by atoms with Crippen molar-refractivity contribution in [3.05, 3.63) is 52.7 Å². The largest absolute Gasteiger partial charge is 0.353 e. The van der Waals surface area contributed by atoms with Gasteiger partial charge >= 0.3 is 0 Å². The number of aryl methyl sites for hydroxylation is 2. The van der Waals surface area contributed by atoms with Crippen molar-refractivity contribution >= 4 is 33.3 Å². The standard InChI is InChI=1S/C23H29N5OS/c1-16(9-10-18-7-5-4-6-8-18)26-22(29)20-17(2)19-21(24-15-25-23(19)30-20)28-13-11-27(3)12-14-28/h4-8,15-16H,9-14H2,1-3H3,(H,26,29)/t16-/m1/s1. The van der Waals surface area contributed by atoms with E-state index in [2.05, 4.69) is 63.3 Å². The molecule has 30 heavy (non-hydrogen) atoms. The van der Waals surface area contributed by atoms with E-state index in [4.69, 9.17) is 0 Å². The van der Waals surface area contributed by atoms with E-state index in [1.165, 1.54) is 16.9 Å². The number of amides is 1. The summed E-state index contributed by atoms with van der Waals surface area (Å²) in [5, 5.41) is 4.20. The Bertz CT molecular complexity index is 1010. The number of rotatable bonds is 6. The zero-order valence-electron chi connectivity index (χ0n) is 17.9. The van der Waals surface area contributed by atoms with Crippen molar-refractivity contribution in [3.63, 3.8) is 0 Å². The highest BCUT2D eigenvalue weighted by molar-refractivity contribution is 7.20. The summed E-state index contributed by atoms with van der Waals surface area (Å²) in [7, 11) is 2.14. The van der Waals surface area contributed by atoms with Crippen LogP contribution in [0.15, 0.2) is 36.7 Å². The van der Waals surface area contributed by atoms with Gasteiger partial charge < -0.3 is 15.1 Å². The summed E-state index contributed by atoms with van der Waals surface area (Å²) in [6, 6.07) is 10.5. The van der Waals surface area contributed by atoms with Crippen molar-refractivity contribution in [2.45, 2.75) is 32.7 Å². The van der Waals surface area contributed by atoms with Crippen LogP contribution in [0.2, 0.25) is 0 Å². The van der Waals surface area contributed by atoms with Crippen LogP contribution in [0.3, 0.4) is 0 Å². The molecule has 1 amide bonds. The van der Waals surface area contributed by atoms with Gasteiger partial charge in [0, 0.05) is 32.2 Å². The molecule has 4 rings (SSSR count).